The zero-order valence-corrected chi connectivity index (χ0v) is 29.0. The second-order valence-corrected chi connectivity index (χ2v) is 19.3. The molecule has 0 bridgehead atoms. The van der Waals surface area contributed by atoms with Crippen molar-refractivity contribution in [3.8, 4) is 11.1 Å². The summed E-state index contributed by atoms with van der Waals surface area (Å²) in [6.07, 6.45) is 0. The Bertz CT molecular complexity index is 1830. The van der Waals surface area contributed by atoms with Crippen molar-refractivity contribution in [1.82, 2.24) is 4.57 Å². The molecule has 0 radical (unpaired) electrons. The first-order valence-corrected chi connectivity index (χ1v) is 22.7. The summed E-state index contributed by atoms with van der Waals surface area (Å²) in [5.41, 5.74) is 12.6. The Labute approximate surface area is 252 Å². The van der Waals surface area contributed by atoms with Crippen LogP contribution in [0.25, 0.3) is 43.7 Å². The average Bonchev–Trinajstić information content (AvgIpc) is 3.48. The molecule has 6 aromatic rings. The molecule has 0 N–H and O–H groups in total. The molecule has 1 heterocycles. The number of aromatic nitrogens is 1. The van der Waals surface area contributed by atoms with Crippen LogP contribution in [0.4, 0.5) is 0 Å². The van der Waals surface area contributed by atoms with E-state index < -0.39 is 28.9 Å². The minimum absolute atomic E-state index is 0.826. The molecular formula is C34H35Cl2NSiZr. The molecule has 198 valence electrons. The molecule has 1 aromatic heterocycles. The molecule has 0 unspecified atom stereocenters. The van der Waals surface area contributed by atoms with Crippen LogP contribution in [0.3, 0.4) is 0 Å². The number of para-hydroxylation sites is 1. The summed E-state index contributed by atoms with van der Waals surface area (Å²) in [6, 6.07) is 25.0. The number of rotatable bonds is 3. The molecule has 0 aliphatic rings. The van der Waals surface area contributed by atoms with Crippen molar-refractivity contribution in [2.75, 3.05) is 0 Å². The van der Waals surface area contributed by atoms with Gasteiger partial charge in [-0.1, -0.05) is 89.7 Å². The van der Waals surface area contributed by atoms with Crippen molar-refractivity contribution in [2.45, 2.75) is 47.7 Å². The molecule has 0 aliphatic carbocycles. The van der Waals surface area contributed by atoms with Gasteiger partial charge in [0.25, 0.3) is 0 Å². The summed E-state index contributed by atoms with van der Waals surface area (Å²) in [7, 11) is 10.1. The van der Waals surface area contributed by atoms with E-state index in [4.69, 9.17) is 17.0 Å². The maximum atomic E-state index is 4.93. The monoisotopic (exact) mass is 645 g/mol. The van der Waals surface area contributed by atoms with Gasteiger partial charge in [0.15, 0.2) is 0 Å². The van der Waals surface area contributed by atoms with Crippen LogP contribution >= 0.6 is 17.0 Å². The van der Waals surface area contributed by atoms with E-state index in [1.807, 2.05) is 0 Å². The standard InChI is InChI=1S/C34H35NSi.2ClH.Zr/c1-20-19-29-25(26-15-12-18-31-32(26)28-13-9-10-17-30(28)35(31)6)14-11-16-27(29)33(20)36(7,8)34-23(4)21(2)22(3)24(34)5;;;/h9-19H,1-8H3;2*1H;/q-2;;;+4/p-2. The molecule has 0 saturated heterocycles. The predicted molar refractivity (Wildman–Crippen MR) is 173 cm³/mol. The fourth-order valence-electron chi connectivity index (χ4n) is 7.22. The van der Waals surface area contributed by atoms with E-state index in [0.717, 1.165) is 0 Å². The SMILES string of the molecule is Cc1c(C)c(C)[c-]([Si](C)(C)[c-]2c(C)cc3c(-c4cccc5c4c4ccccc4n5C)cccc32)c1C.[Cl][Zr+2][Cl]. The van der Waals surface area contributed by atoms with Gasteiger partial charge in [-0.05, 0) is 17.7 Å². The van der Waals surface area contributed by atoms with E-state index in [1.54, 1.807) is 10.4 Å². The van der Waals surface area contributed by atoms with Gasteiger partial charge >= 0.3 is 37.9 Å². The van der Waals surface area contributed by atoms with Gasteiger partial charge in [0.1, 0.15) is 0 Å². The van der Waals surface area contributed by atoms with E-state index >= 15 is 0 Å². The van der Waals surface area contributed by atoms with Crippen molar-refractivity contribution < 1.29 is 20.8 Å². The quantitative estimate of drug-likeness (QED) is 0.133. The van der Waals surface area contributed by atoms with Gasteiger partial charge in [-0.3, -0.25) is 0 Å². The predicted octanol–water partition coefficient (Wildman–Crippen LogP) is 9.33. The fraction of sp³-hybridized carbons (Fsp3) is 0.235. The van der Waals surface area contributed by atoms with Gasteiger partial charge in [0.2, 0.25) is 0 Å². The Morgan fingerprint density at radius 3 is 1.92 bits per heavy atom. The summed E-state index contributed by atoms with van der Waals surface area (Å²) in [4.78, 5) is 0. The second-order valence-electron chi connectivity index (χ2n) is 11.3. The Hall–Kier alpha value is -1.90. The fourth-order valence-corrected chi connectivity index (χ4v) is 11.7. The molecule has 0 aliphatic heterocycles. The van der Waals surface area contributed by atoms with Crippen molar-refractivity contribution in [2.24, 2.45) is 7.05 Å². The molecule has 0 atom stereocenters. The Morgan fingerprint density at radius 2 is 1.26 bits per heavy atom. The third-order valence-electron chi connectivity index (χ3n) is 9.05. The second kappa shape index (κ2) is 10.8. The summed E-state index contributed by atoms with van der Waals surface area (Å²) in [5, 5.41) is 8.75. The van der Waals surface area contributed by atoms with Gasteiger partial charge in [0, 0.05) is 36.9 Å². The molecule has 0 amide bonds. The van der Waals surface area contributed by atoms with Gasteiger partial charge in [0.05, 0.1) is 0 Å². The first-order chi connectivity index (χ1) is 18.6. The molecule has 6 rings (SSSR count). The Kier molecular flexibility index (Phi) is 7.94. The van der Waals surface area contributed by atoms with Crippen molar-refractivity contribution in [3.05, 3.63) is 94.5 Å². The number of halogens is 2. The molecule has 0 spiro atoms. The van der Waals surface area contributed by atoms with Gasteiger partial charge in [-0.15, -0.1) is 33.7 Å². The number of hydrogen-bond acceptors (Lipinski definition) is 0. The Balaban J connectivity index is 0.000000983. The molecular weight excluding hydrogens is 613 g/mol. The van der Waals surface area contributed by atoms with Crippen LogP contribution in [0.5, 0.6) is 0 Å². The first-order valence-electron chi connectivity index (χ1n) is 13.4. The molecule has 0 saturated carbocycles. The van der Waals surface area contributed by atoms with E-state index in [1.165, 1.54) is 71.5 Å². The number of benzene rings is 3. The zero-order valence-electron chi connectivity index (χ0n) is 24.1. The van der Waals surface area contributed by atoms with Gasteiger partial charge in [-0.2, -0.15) is 33.5 Å². The van der Waals surface area contributed by atoms with Crippen LogP contribution in [-0.2, 0) is 27.9 Å². The zero-order chi connectivity index (χ0) is 28.2. The molecule has 1 nitrogen and oxygen atoms in total. The third-order valence-corrected chi connectivity index (χ3v) is 13.0. The molecule has 5 heteroatoms. The van der Waals surface area contributed by atoms with E-state index in [9.17, 15) is 0 Å². The van der Waals surface area contributed by atoms with Crippen LogP contribution in [0, 0.1) is 34.6 Å². The van der Waals surface area contributed by atoms with Gasteiger partial charge < -0.3 is 4.57 Å². The van der Waals surface area contributed by atoms with Gasteiger partial charge in [-0.25, -0.2) is 0 Å². The van der Waals surface area contributed by atoms with Crippen LogP contribution in [0.15, 0.2) is 66.7 Å². The number of hydrogen-bond donors (Lipinski definition) is 0. The summed E-state index contributed by atoms with van der Waals surface area (Å²) in [5.74, 6) is 0. The van der Waals surface area contributed by atoms with Crippen molar-refractivity contribution >= 4 is 68.1 Å². The van der Waals surface area contributed by atoms with Crippen LogP contribution in [0.2, 0.25) is 13.1 Å². The van der Waals surface area contributed by atoms with Crippen molar-refractivity contribution in [1.29, 1.82) is 0 Å². The van der Waals surface area contributed by atoms with Crippen LogP contribution < -0.4 is 10.4 Å². The molecule has 0 fully saturated rings. The average molecular weight is 648 g/mol. The summed E-state index contributed by atoms with van der Waals surface area (Å²) >= 11 is -0.826. The molecule has 5 aromatic carbocycles. The minimum atomic E-state index is -1.93. The van der Waals surface area contributed by atoms with Crippen LogP contribution in [-0.4, -0.2) is 12.6 Å². The Morgan fingerprint density at radius 1 is 0.692 bits per heavy atom. The van der Waals surface area contributed by atoms with E-state index in [2.05, 4.69) is 126 Å². The van der Waals surface area contributed by atoms with Crippen LogP contribution in [0.1, 0.15) is 27.8 Å². The summed E-state index contributed by atoms with van der Waals surface area (Å²) < 4.78 is 2.33. The number of nitrogens with zero attached hydrogens (tertiary/aromatic N) is 1. The number of fused-ring (bicyclic) bond motifs is 4. The number of aryl methyl sites for hydroxylation is 2. The molecule has 39 heavy (non-hydrogen) atoms. The summed E-state index contributed by atoms with van der Waals surface area (Å²) in [6.45, 7) is 16.7. The normalized spacial score (nSPS) is 11.7. The van der Waals surface area contributed by atoms with E-state index in [-0.39, 0.29) is 0 Å². The van der Waals surface area contributed by atoms with E-state index in [0.29, 0.717) is 0 Å². The third kappa shape index (κ3) is 4.45. The maximum absolute atomic E-state index is 4.93. The van der Waals surface area contributed by atoms with Crippen molar-refractivity contribution in [3.63, 3.8) is 0 Å². The topological polar surface area (TPSA) is 4.93 Å². The first kappa shape index (κ1) is 28.6.